The van der Waals surface area contributed by atoms with Gasteiger partial charge in [0, 0.05) is 17.9 Å². The highest BCUT2D eigenvalue weighted by Gasteiger charge is 2.25. The van der Waals surface area contributed by atoms with Crippen LogP contribution in [-0.2, 0) is 24.2 Å². The Kier molecular flexibility index (Phi) is 8.63. The quantitative estimate of drug-likeness (QED) is 0.575. The van der Waals surface area contributed by atoms with E-state index in [-0.39, 0.29) is 18.2 Å². The predicted molar refractivity (Wildman–Crippen MR) is 108 cm³/mol. The fraction of sp³-hybridized carbons (Fsp3) is 0.550. The average Bonchev–Trinajstić information content (AvgIpc) is 2.70. The van der Waals surface area contributed by atoms with Gasteiger partial charge in [-0.05, 0) is 31.4 Å². The molecule has 1 aliphatic rings. The van der Waals surface area contributed by atoms with Crippen molar-refractivity contribution in [2.75, 3.05) is 18.6 Å². The summed E-state index contributed by atoms with van der Waals surface area (Å²) in [5.41, 5.74) is 0.333. The summed E-state index contributed by atoms with van der Waals surface area (Å²) < 4.78 is 28.0. The Morgan fingerprint density at radius 1 is 1.10 bits per heavy atom. The van der Waals surface area contributed by atoms with Gasteiger partial charge in [-0.2, -0.15) is 0 Å². The second-order valence-electron chi connectivity index (χ2n) is 7.32. The van der Waals surface area contributed by atoms with Crippen molar-refractivity contribution in [3.63, 3.8) is 0 Å². The standard InChI is InChI=1S/C20H28N2O6S/c1-29(26,27)13-12-17(22-19(24)15-8-4-2-5-9-15)20(25)28-14-18(23)21-16-10-6-3-7-11-16/h2,4-5,8-9,16-17H,3,6-7,10-14H2,1H3,(H,21,23)(H,22,24)/t17-/m0/s1. The van der Waals surface area contributed by atoms with E-state index < -0.39 is 40.3 Å². The van der Waals surface area contributed by atoms with Crippen LogP contribution in [0.4, 0.5) is 0 Å². The molecule has 0 bridgehead atoms. The fourth-order valence-corrected chi connectivity index (χ4v) is 3.83. The van der Waals surface area contributed by atoms with Crippen molar-refractivity contribution < 1.29 is 27.5 Å². The number of hydrogen-bond donors (Lipinski definition) is 2. The molecule has 0 aliphatic heterocycles. The summed E-state index contributed by atoms with van der Waals surface area (Å²) in [5, 5.41) is 5.34. The van der Waals surface area contributed by atoms with Crippen LogP contribution in [0.25, 0.3) is 0 Å². The van der Waals surface area contributed by atoms with E-state index in [4.69, 9.17) is 4.74 Å². The molecule has 2 N–H and O–H groups in total. The number of ether oxygens (including phenoxy) is 1. The van der Waals surface area contributed by atoms with Crippen LogP contribution in [0.15, 0.2) is 30.3 Å². The minimum absolute atomic E-state index is 0.0915. The summed E-state index contributed by atoms with van der Waals surface area (Å²) in [6.07, 6.45) is 6.00. The highest BCUT2D eigenvalue weighted by atomic mass is 32.2. The van der Waals surface area contributed by atoms with Crippen LogP contribution in [0.3, 0.4) is 0 Å². The smallest absolute Gasteiger partial charge is 0.329 e. The topological polar surface area (TPSA) is 119 Å². The van der Waals surface area contributed by atoms with E-state index in [1.165, 1.54) is 0 Å². The van der Waals surface area contributed by atoms with E-state index in [9.17, 15) is 22.8 Å². The van der Waals surface area contributed by atoms with Crippen molar-refractivity contribution in [2.45, 2.75) is 50.6 Å². The summed E-state index contributed by atoms with van der Waals surface area (Å²) in [7, 11) is -3.34. The second-order valence-corrected chi connectivity index (χ2v) is 9.58. The van der Waals surface area contributed by atoms with Gasteiger partial charge in [0.25, 0.3) is 11.8 Å². The van der Waals surface area contributed by atoms with E-state index in [1.54, 1.807) is 30.3 Å². The largest absolute Gasteiger partial charge is 0.454 e. The van der Waals surface area contributed by atoms with Crippen molar-refractivity contribution in [2.24, 2.45) is 0 Å². The molecule has 2 amide bonds. The zero-order valence-electron chi connectivity index (χ0n) is 16.6. The molecule has 0 heterocycles. The Balaban J connectivity index is 1.92. The lowest BCUT2D eigenvalue weighted by Crippen LogP contribution is -2.44. The lowest BCUT2D eigenvalue weighted by molar-refractivity contribution is -0.150. The molecule has 1 saturated carbocycles. The van der Waals surface area contributed by atoms with Crippen molar-refractivity contribution in [3.8, 4) is 0 Å². The Labute approximate surface area is 171 Å². The zero-order valence-corrected chi connectivity index (χ0v) is 17.4. The van der Waals surface area contributed by atoms with Crippen molar-refractivity contribution >= 4 is 27.6 Å². The van der Waals surface area contributed by atoms with E-state index in [0.717, 1.165) is 38.4 Å². The maximum Gasteiger partial charge on any atom is 0.329 e. The lowest BCUT2D eigenvalue weighted by atomic mass is 9.95. The average molecular weight is 425 g/mol. The highest BCUT2D eigenvalue weighted by molar-refractivity contribution is 7.90. The van der Waals surface area contributed by atoms with Gasteiger partial charge in [-0.1, -0.05) is 37.5 Å². The highest BCUT2D eigenvalue weighted by Crippen LogP contribution is 2.17. The molecule has 0 aromatic heterocycles. The first-order valence-corrected chi connectivity index (χ1v) is 11.8. The molecule has 2 rings (SSSR count). The van der Waals surface area contributed by atoms with Crippen LogP contribution < -0.4 is 10.6 Å². The number of sulfone groups is 1. The fourth-order valence-electron chi connectivity index (χ4n) is 3.17. The number of amides is 2. The summed E-state index contributed by atoms with van der Waals surface area (Å²) in [6.45, 7) is -0.466. The minimum Gasteiger partial charge on any atom is -0.454 e. The number of rotatable bonds is 9. The normalized spacial score (nSPS) is 15.9. The molecule has 0 unspecified atom stereocenters. The first-order valence-electron chi connectivity index (χ1n) is 9.74. The van der Waals surface area contributed by atoms with E-state index in [0.29, 0.717) is 5.56 Å². The molecule has 1 atom stereocenters. The number of benzene rings is 1. The molecule has 1 aromatic rings. The molecule has 0 saturated heterocycles. The van der Waals surface area contributed by atoms with Gasteiger partial charge in [0.15, 0.2) is 6.61 Å². The van der Waals surface area contributed by atoms with Crippen LogP contribution in [-0.4, -0.2) is 56.9 Å². The van der Waals surface area contributed by atoms with Crippen molar-refractivity contribution in [3.05, 3.63) is 35.9 Å². The second kappa shape index (κ2) is 10.9. The number of esters is 1. The number of carbonyl (C=O) groups excluding carboxylic acids is 3. The molecular formula is C20H28N2O6S. The first kappa shape index (κ1) is 22.9. The number of nitrogens with one attached hydrogen (secondary N) is 2. The van der Waals surface area contributed by atoms with Crippen LogP contribution in [0, 0.1) is 0 Å². The third-order valence-electron chi connectivity index (χ3n) is 4.72. The molecule has 1 aromatic carbocycles. The first-order chi connectivity index (χ1) is 13.7. The molecule has 0 radical (unpaired) electrons. The Hall–Kier alpha value is -2.42. The predicted octanol–water partition coefficient (Wildman–Crippen LogP) is 1.21. The summed E-state index contributed by atoms with van der Waals surface area (Å²) in [6, 6.07) is 7.17. The maximum atomic E-state index is 12.4. The lowest BCUT2D eigenvalue weighted by Gasteiger charge is -2.23. The minimum atomic E-state index is -3.34. The number of hydrogen-bond acceptors (Lipinski definition) is 6. The third kappa shape index (κ3) is 8.64. The molecule has 1 aliphatic carbocycles. The van der Waals surface area contributed by atoms with Gasteiger partial charge in [0.2, 0.25) is 0 Å². The van der Waals surface area contributed by atoms with E-state index >= 15 is 0 Å². The van der Waals surface area contributed by atoms with E-state index in [1.807, 2.05) is 0 Å². The summed E-state index contributed by atoms with van der Waals surface area (Å²) >= 11 is 0. The van der Waals surface area contributed by atoms with Gasteiger partial charge < -0.3 is 15.4 Å². The summed E-state index contributed by atoms with van der Waals surface area (Å²) in [5.74, 6) is -2.05. The van der Waals surface area contributed by atoms with Crippen molar-refractivity contribution in [1.82, 2.24) is 10.6 Å². The molecule has 0 spiro atoms. The zero-order chi connectivity index (χ0) is 21.3. The molecule has 9 heteroatoms. The Bertz CT molecular complexity index is 804. The molecule has 8 nitrogen and oxygen atoms in total. The van der Waals surface area contributed by atoms with Gasteiger partial charge in [0.1, 0.15) is 15.9 Å². The maximum absolute atomic E-state index is 12.4. The third-order valence-corrected chi connectivity index (χ3v) is 5.70. The van der Waals surface area contributed by atoms with E-state index in [2.05, 4.69) is 10.6 Å². The Morgan fingerprint density at radius 3 is 2.38 bits per heavy atom. The Morgan fingerprint density at radius 2 is 1.76 bits per heavy atom. The summed E-state index contributed by atoms with van der Waals surface area (Å²) in [4.78, 5) is 36.8. The van der Waals surface area contributed by atoms with Crippen LogP contribution in [0.1, 0.15) is 48.9 Å². The molecular weight excluding hydrogens is 396 g/mol. The van der Waals surface area contributed by atoms with Crippen LogP contribution in [0.2, 0.25) is 0 Å². The SMILES string of the molecule is CS(=O)(=O)CC[C@H](NC(=O)c1ccccc1)C(=O)OCC(=O)NC1CCCCC1. The van der Waals surface area contributed by atoms with Gasteiger partial charge in [-0.15, -0.1) is 0 Å². The van der Waals surface area contributed by atoms with Crippen LogP contribution in [0.5, 0.6) is 0 Å². The molecule has 160 valence electrons. The van der Waals surface area contributed by atoms with Gasteiger partial charge in [-0.3, -0.25) is 9.59 Å². The van der Waals surface area contributed by atoms with Gasteiger partial charge in [0.05, 0.1) is 5.75 Å². The molecule has 29 heavy (non-hydrogen) atoms. The number of carbonyl (C=O) groups is 3. The van der Waals surface area contributed by atoms with Crippen LogP contribution >= 0.6 is 0 Å². The van der Waals surface area contributed by atoms with Gasteiger partial charge in [-0.25, -0.2) is 13.2 Å². The van der Waals surface area contributed by atoms with Crippen molar-refractivity contribution in [1.29, 1.82) is 0 Å². The molecule has 1 fully saturated rings. The van der Waals surface area contributed by atoms with Gasteiger partial charge >= 0.3 is 5.97 Å². The monoisotopic (exact) mass is 424 g/mol.